The number of nitrogens with zero attached hydrogens (tertiary/aromatic N) is 2. The second kappa shape index (κ2) is 5.88. The first-order chi connectivity index (χ1) is 9.40. The number of rotatable bonds is 3. The highest BCUT2D eigenvalue weighted by molar-refractivity contribution is 7.99. The molecule has 2 aromatic rings. The maximum atomic E-state index is 12.7. The lowest BCUT2D eigenvalue weighted by atomic mass is 10.4. The summed E-state index contributed by atoms with van der Waals surface area (Å²) in [7, 11) is 1.46. The second-order valence-corrected chi connectivity index (χ2v) is 5.16. The summed E-state index contributed by atoms with van der Waals surface area (Å²) in [5.41, 5.74) is -0.994. The molecule has 0 spiro atoms. The van der Waals surface area contributed by atoms with Gasteiger partial charge in [-0.3, -0.25) is 0 Å². The van der Waals surface area contributed by atoms with E-state index in [9.17, 15) is 13.2 Å². The molecule has 0 saturated heterocycles. The third kappa shape index (κ3) is 3.55. The SMILES string of the molecule is CNc1nc(Sc2ccccc2Cl)cc(C(F)(F)F)n1. The van der Waals surface area contributed by atoms with Crippen molar-refractivity contribution in [2.75, 3.05) is 12.4 Å². The lowest BCUT2D eigenvalue weighted by Crippen LogP contribution is -2.11. The molecule has 1 aromatic heterocycles. The normalized spacial score (nSPS) is 11.4. The fourth-order valence-electron chi connectivity index (χ4n) is 1.37. The van der Waals surface area contributed by atoms with Gasteiger partial charge >= 0.3 is 6.18 Å². The molecule has 0 saturated carbocycles. The molecular formula is C12H9ClF3N3S. The van der Waals surface area contributed by atoms with Crippen LogP contribution in [0.1, 0.15) is 5.69 Å². The molecule has 0 fully saturated rings. The summed E-state index contributed by atoms with van der Waals surface area (Å²) >= 11 is 7.03. The highest BCUT2D eigenvalue weighted by Gasteiger charge is 2.33. The molecule has 3 nitrogen and oxygen atoms in total. The average Bonchev–Trinajstić information content (AvgIpc) is 2.40. The number of halogens is 4. The van der Waals surface area contributed by atoms with Gasteiger partial charge in [-0.1, -0.05) is 35.5 Å². The molecule has 106 valence electrons. The van der Waals surface area contributed by atoms with Crippen LogP contribution in [0.3, 0.4) is 0 Å². The maximum Gasteiger partial charge on any atom is 0.433 e. The summed E-state index contributed by atoms with van der Waals surface area (Å²) in [5, 5.41) is 3.14. The van der Waals surface area contributed by atoms with Crippen LogP contribution in [0, 0.1) is 0 Å². The number of anilines is 1. The fourth-order valence-corrected chi connectivity index (χ4v) is 2.47. The van der Waals surface area contributed by atoms with Crippen molar-refractivity contribution in [3.05, 3.63) is 41.0 Å². The Balaban J connectivity index is 2.39. The third-order valence-electron chi connectivity index (χ3n) is 2.27. The van der Waals surface area contributed by atoms with Crippen molar-refractivity contribution in [2.45, 2.75) is 16.1 Å². The van der Waals surface area contributed by atoms with Gasteiger partial charge in [-0.2, -0.15) is 13.2 Å². The van der Waals surface area contributed by atoms with Gasteiger partial charge < -0.3 is 5.32 Å². The fraction of sp³-hybridized carbons (Fsp3) is 0.167. The Kier molecular flexibility index (Phi) is 4.39. The number of hydrogen-bond donors (Lipinski definition) is 1. The van der Waals surface area contributed by atoms with E-state index in [2.05, 4.69) is 15.3 Å². The average molecular weight is 320 g/mol. The molecule has 0 aliphatic carbocycles. The van der Waals surface area contributed by atoms with Crippen molar-refractivity contribution in [1.82, 2.24) is 9.97 Å². The maximum absolute atomic E-state index is 12.7. The van der Waals surface area contributed by atoms with Crippen molar-refractivity contribution < 1.29 is 13.2 Å². The molecular weight excluding hydrogens is 311 g/mol. The Labute approximate surface area is 122 Å². The van der Waals surface area contributed by atoms with Gasteiger partial charge in [0.05, 0.1) is 5.02 Å². The number of nitrogens with one attached hydrogen (secondary N) is 1. The van der Waals surface area contributed by atoms with Crippen LogP contribution in [0.2, 0.25) is 5.02 Å². The number of hydrogen-bond acceptors (Lipinski definition) is 4. The summed E-state index contributed by atoms with van der Waals surface area (Å²) in [4.78, 5) is 8.01. The van der Waals surface area contributed by atoms with E-state index in [0.29, 0.717) is 9.92 Å². The van der Waals surface area contributed by atoms with Crippen LogP contribution in [0.4, 0.5) is 19.1 Å². The minimum Gasteiger partial charge on any atom is -0.357 e. The first kappa shape index (κ1) is 14.9. The van der Waals surface area contributed by atoms with Crippen LogP contribution in [0.5, 0.6) is 0 Å². The minimum absolute atomic E-state index is 0.0885. The number of alkyl halides is 3. The molecule has 0 atom stereocenters. The first-order valence-electron chi connectivity index (χ1n) is 5.46. The van der Waals surface area contributed by atoms with Gasteiger partial charge in [-0.25, -0.2) is 9.97 Å². The van der Waals surface area contributed by atoms with Gasteiger partial charge in [0, 0.05) is 18.0 Å². The van der Waals surface area contributed by atoms with Crippen molar-refractivity contribution >= 4 is 29.3 Å². The molecule has 20 heavy (non-hydrogen) atoms. The lowest BCUT2D eigenvalue weighted by molar-refractivity contribution is -0.141. The van der Waals surface area contributed by atoms with E-state index >= 15 is 0 Å². The van der Waals surface area contributed by atoms with Gasteiger partial charge in [0.25, 0.3) is 0 Å². The van der Waals surface area contributed by atoms with Crippen LogP contribution < -0.4 is 5.32 Å². The van der Waals surface area contributed by atoms with Crippen LogP contribution >= 0.6 is 23.4 Å². The Morgan fingerprint density at radius 1 is 1.20 bits per heavy atom. The Morgan fingerprint density at radius 3 is 2.50 bits per heavy atom. The van der Waals surface area contributed by atoms with E-state index in [-0.39, 0.29) is 11.0 Å². The summed E-state index contributed by atoms with van der Waals surface area (Å²) in [6, 6.07) is 7.76. The quantitative estimate of drug-likeness (QED) is 0.854. The molecule has 0 bridgehead atoms. The molecule has 0 amide bonds. The predicted octanol–water partition coefficient (Wildman–Crippen LogP) is 4.34. The molecule has 1 heterocycles. The predicted molar refractivity (Wildman–Crippen MR) is 72.2 cm³/mol. The minimum atomic E-state index is -4.52. The summed E-state index contributed by atoms with van der Waals surface area (Å²) in [6.45, 7) is 0. The van der Waals surface area contributed by atoms with E-state index < -0.39 is 11.9 Å². The third-order valence-corrected chi connectivity index (χ3v) is 3.70. The first-order valence-corrected chi connectivity index (χ1v) is 6.66. The smallest absolute Gasteiger partial charge is 0.357 e. The topological polar surface area (TPSA) is 37.8 Å². The number of benzene rings is 1. The molecule has 0 aliphatic rings. The number of aromatic nitrogens is 2. The van der Waals surface area contributed by atoms with Gasteiger partial charge in [-0.05, 0) is 12.1 Å². The highest BCUT2D eigenvalue weighted by Crippen LogP contribution is 2.35. The van der Waals surface area contributed by atoms with E-state index in [1.54, 1.807) is 24.3 Å². The van der Waals surface area contributed by atoms with E-state index in [0.717, 1.165) is 17.8 Å². The zero-order chi connectivity index (χ0) is 14.8. The summed E-state index contributed by atoms with van der Waals surface area (Å²) in [5.74, 6) is -0.0885. The highest BCUT2D eigenvalue weighted by atomic mass is 35.5. The summed E-state index contributed by atoms with van der Waals surface area (Å²) < 4.78 is 38.2. The van der Waals surface area contributed by atoms with E-state index in [4.69, 9.17) is 11.6 Å². The van der Waals surface area contributed by atoms with Crippen molar-refractivity contribution in [3.63, 3.8) is 0 Å². The molecule has 0 aliphatic heterocycles. The standard InChI is InChI=1S/C12H9ClF3N3S/c1-17-11-18-9(12(14,15)16)6-10(19-11)20-8-5-3-2-4-7(8)13/h2-6H,1H3,(H,17,18,19). The largest absolute Gasteiger partial charge is 0.433 e. The van der Waals surface area contributed by atoms with E-state index in [1.165, 1.54) is 7.05 Å². The van der Waals surface area contributed by atoms with Crippen molar-refractivity contribution in [1.29, 1.82) is 0 Å². The Morgan fingerprint density at radius 2 is 1.90 bits per heavy atom. The van der Waals surface area contributed by atoms with Crippen LogP contribution in [-0.2, 0) is 6.18 Å². The van der Waals surface area contributed by atoms with Crippen molar-refractivity contribution in [3.8, 4) is 0 Å². The molecule has 2 rings (SSSR count). The van der Waals surface area contributed by atoms with Gasteiger partial charge in [0.2, 0.25) is 5.95 Å². The Hall–Kier alpha value is -1.47. The van der Waals surface area contributed by atoms with Crippen LogP contribution in [0.25, 0.3) is 0 Å². The molecule has 1 aromatic carbocycles. The Bertz CT molecular complexity index is 619. The summed E-state index contributed by atoms with van der Waals surface area (Å²) in [6.07, 6.45) is -4.52. The van der Waals surface area contributed by atoms with Gasteiger partial charge in [0.1, 0.15) is 5.03 Å². The van der Waals surface area contributed by atoms with E-state index in [1.807, 2.05) is 0 Å². The monoisotopic (exact) mass is 319 g/mol. The van der Waals surface area contributed by atoms with Crippen LogP contribution in [0.15, 0.2) is 40.3 Å². The van der Waals surface area contributed by atoms with Gasteiger partial charge in [0.15, 0.2) is 5.69 Å². The zero-order valence-corrected chi connectivity index (χ0v) is 11.8. The molecule has 0 unspecified atom stereocenters. The molecule has 1 N–H and O–H groups in total. The van der Waals surface area contributed by atoms with Crippen LogP contribution in [-0.4, -0.2) is 17.0 Å². The zero-order valence-electron chi connectivity index (χ0n) is 10.2. The molecule has 0 radical (unpaired) electrons. The molecule has 8 heteroatoms. The second-order valence-electron chi connectivity index (χ2n) is 3.70. The lowest BCUT2D eigenvalue weighted by Gasteiger charge is -2.10. The van der Waals surface area contributed by atoms with Gasteiger partial charge in [-0.15, -0.1) is 0 Å². The van der Waals surface area contributed by atoms with Crippen molar-refractivity contribution in [2.24, 2.45) is 0 Å².